The molecule has 11 atom stereocenters. The molecule has 4 aliphatic rings. The van der Waals surface area contributed by atoms with E-state index in [1.165, 1.54) is 6.92 Å². The Hall–Kier alpha value is -5.74. The Bertz CT molecular complexity index is 2320. The van der Waals surface area contributed by atoms with E-state index in [0.717, 1.165) is 0 Å². The maximum atomic E-state index is 15.2. The summed E-state index contributed by atoms with van der Waals surface area (Å²) in [5.74, 6) is -6.62. The van der Waals surface area contributed by atoms with Gasteiger partial charge in [-0.05, 0) is 74.2 Å². The number of carboxylic acids is 1. The van der Waals surface area contributed by atoms with Crippen LogP contribution in [0.5, 0.6) is 0 Å². The summed E-state index contributed by atoms with van der Waals surface area (Å²) >= 11 is 0. The highest BCUT2D eigenvalue weighted by atomic mass is 16.6. The summed E-state index contributed by atoms with van der Waals surface area (Å²) in [7, 11) is 1.73. The van der Waals surface area contributed by atoms with Gasteiger partial charge in [0, 0.05) is 36.3 Å². The van der Waals surface area contributed by atoms with Gasteiger partial charge in [0.25, 0.3) is 5.91 Å². The van der Waals surface area contributed by atoms with Crippen molar-refractivity contribution in [1.82, 2.24) is 10.6 Å². The van der Waals surface area contributed by atoms with Crippen LogP contribution in [-0.2, 0) is 38.1 Å². The zero-order valence-electron chi connectivity index (χ0n) is 38.7. The van der Waals surface area contributed by atoms with E-state index in [0.29, 0.717) is 29.7 Å². The smallest absolute Gasteiger partial charge is 0.338 e. The highest BCUT2D eigenvalue weighted by Gasteiger charge is 2.77. The first-order chi connectivity index (χ1) is 31.1. The average molecular weight is 911 g/mol. The van der Waals surface area contributed by atoms with Crippen LogP contribution in [0.2, 0.25) is 0 Å². The number of ether oxygens (including phenoxy) is 4. The highest BCUT2D eigenvalue weighted by Crippen LogP contribution is 2.65. The lowest BCUT2D eigenvalue weighted by atomic mass is 9.43. The molecule has 0 spiro atoms. The summed E-state index contributed by atoms with van der Waals surface area (Å²) in [5, 5.41) is 39.7. The van der Waals surface area contributed by atoms with Crippen molar-refractivity contribution in [3.63, 3.8) is 0 Å². The zero-order chi connectivity index (χ0) is 48.4. The molecule has 7 rings (SSSR count). The van der Waals surface area contributed by atoms with Crippen LogP contribution in [0.4, 0.5) is 0 Å². The Morgan fingerprint density at radius 1 is 0.894 bits per heavy atom. The molecule has 2 saturated carbocycles. The largest absolute Gasteiger partial charge is 0.481 e. The Balaban J connectivity index is 0.000000952. The molecule has 5 N–H and O–H groups in total. The van der Waals surface area contributed by atoms with E-state index in [1.54, 1.807) is 127 Å². The number of hydrogen-bond acceptors (Lipinski definition) is 13. The first-order valence-corrected chi connectivity index (χ1v) is 22.4. The van der Waals surface area contributed by atoms with Crippen LogP contribution in [0.1, 0.15) is 100 Å². The molecular weight excluding hydrogens is 849 g/mol. The number of carboxylic acid groups (broad SMARTS) is 1. The fourth-order valence-electron chi connectivity index (χ4n) is 10.7. The molecule has 0 unspecified atom stereocenters. The Morgan fingerprint density at radius 2 is 1.47 bits per heavy atom. The molecule has 1 aliphatic heterocycles. The summed E-state index contributed by atoms with van der Waals surface area (Å²) in [4.78, 5) is 80.0. The van der Waals surface area contributed by atoms with Crippen molar-refractivity contribution in [3.8, 4) is 0 Å². The number of aliphatic hydroxyl groups is 2. The third-order valence-electron chi connectivity index (χ3n) is 14.6. The van der Waals surface area contributed by atoms with E-state index in [2.05, 4.69) is 10.6 Å². The number of esters is 3. The van der Waals surface area contributed by atoms with Gasteiger partial charge >= 0.3 is 23.9 Å². The second kappa shape index (κ2) is 19.6. The molecule has 3 fully saturated rings. The SMILES string of the molecule is CC(=O)O[C@@]12CO[C@@H]1C[C@H](C)[C@@]1(C)C(=O)[C@H](O)C3=C(C)[C@@H](OC(=O)[C@H](C)[C@@H](NC(=O)c4ccccc4)c4ccccc4)C[C@@](O)([C@@H](OC(=O)c4ccccc4)[C@H]21)C3(C)C.CNCCC(=O)O. The number of amides is 1. The molecule has 3 aromatic rings. The molecule has 3 aliphatic carbocycles. The molecule has 1 heterocycles. The number of aliphatic carboxylic acids is 1. The third kappa shape index (κ3) is 9.05. The minimum atomic E-state index is -2.15. The number of Topliss-reactive ketones (excluding diaryl/α,β-unsaturated/α-hetero) is 1. The van der Waals surface area contributed by atoms with Crippen molar-refractivity contribution in [2.45, 2.75) is 109 Å². The van der Waals surface area contributed by atoms with Crippen LogP contribution in [0.25, 0.3) is 0 Å². The quantitative estimate of drug-likeness (QED) is 0.0873. The molecule has 15 nitrogen and oxygen atoms in total. The normalized spacial score (nSPS) is 30.4. The maximum absolute atomic E-state index is 15.2. The molecule has 15 heteroatoms. The van der Waals surface area contributed by atoms with Crippen LogP contribution >= 0.6 is 0 Å². The lowest BCUT2D eigenvalue weighted by molar-refractivity contribution is -0.340. The minimum absolute atomic E-state index is 0.139. The predicted molar refractivity (Wildman–Crippen MR) is 241 cm³/mol. The van der Waals surface area contributed by atoms with E-state index in [4.69, 9.17) is 24.1 Å². The van der Waals surface area contributed by atoms with Gasteiger partial charge in [0.15, 0.2) is 11.4 Å². The van der Waals surface area contributed by atoms with Crippen LogP contribution in [0.15, 0.2) is 102 Å². The number of nitrogens with one attached hydrogen (secondary N) is 2. The Labute approximate surface area is 385 Å². The van der Waals surface area contributed by atoms with Crippen molar-refractivity contribution in [3.05, 3.63) is 119 Å². The van der Waals surface area contributed by atoms with Gasteiger partial charge in [-0.15, -0.1) is 0 Å². The third-order valence-corrected chi connectivity index (χ3v) is 14.6. The van der Waals surface area contributed by atoms with E-state index in [1.807, 2.05) is 13.0 Å². The van der Waals surface area contributed by atoms with Crippen molar-refractivity contribution in [1.29, 1.82) is 0 Å². The van der Waals surface area contributed by atoms with Crippen molar-refractivity contribution in [2.75, 3.05) is 20.2 Å². The maximum Gasteiger partial charge on any atom is 0.338 e. The van der Waals surface area contributed by atoms with E-state index in [-0.39, 0.29) is 30.6 Å². The summed E-state index contributed by atoms with van der Waals surface area (Å²) in [5.41, 5.74) is -4.96. The predicted octanol–water partition coefficient (Wildman–Crippen LogP) is 5.40. The fourth-order valence-corrected chi connectivity index (χ4v) is 10.7. The first-order valence-electron chi connectivity index (χ1n) is 22.4. The van der Waals surface area contributed by atoms with Gasteiger partial charge in [-0.1, -0.05) is 94.4 Å². The van der Waals surface area contributed by atoms with Gasteiger partial charge in [0.1, 0.15) is 30.0 Å². The molecule has 354 valence electrons. The number of aliphatic hydroxyl groups excluding tert-OH is 1. The summed E-state index contributed by atoms with van der Waals surface area (Å²) in [6.07, 6.45) is -5.12. The van der Waals surface area contributed by atoms with E-state index >= 15 is 4.79 Å². The zero-order valence-corrected chi connectivity index (χ0v) is 38.7. The number of ketones is 1. The van der Waals surface area contributed by atoms with Crippen molar-refractivity contribution < 1.29 is 63.0 Å². The fraction of sp³-hybridized carbons (Fsp3) is 0.490. The molecule has 1 amide bonds. The minimum Gasteiger partial charge on any atom is -0.481 e. The van der Waals surface area contributed by atoms with E-state index < -0.39 is 106 Å². The van der Waals surface area contributed by atoms with Crippen LogP contribution in [-0.4, -0.2) is 107 Å². The van der Waals surface area contributed by atoms with Gasteiger partial charge < -0.3 is 44.9 Å². The molecular formula is C51H62N2O13. The molecule has 0 radical (unpaired) electrons. The number of benzene rings is 3. The lowest BCUT2D eigenvalue weighted by Crippen LogP contribution is -2.80. The molecule has 3 aromatic carbocycles. The lowest BCUT2D eigenvalue weighted by Gasteiger charge is -2.68. The van der Waals surface area contributed by atoms with Gasteiger partial charge in [-0.2, -0.15) is 0 Å². The second-order valence-electron chi connectivity index (χ2n) is 18.7. The van der Waals surface area contributed by atoms with Gasteiger partial charge in [0.2, 0.25) is 0 Å². The van der Waals surface area contributed by atoms with Gasteiger partial charge in [-0.25, -0.2) is 4.79 Å². The molecule has 66 heavy (non-hydrogen) atoms. The highest BCUT2D eigenvalue weighted by molar-refractivity contribution is 5.95. The molecule has 0 aromatic heterocycles. The number of fused-ring (bicyclic) bond motifs is 5. The number of hydrogen-bond donors (Lipinski definition) is 5. The van der Waals surface area contributed by atoms with Crippen LogP contribution in [0.3, 0.4) is 0 Å². The van der Waals surface area contributed by atoms with E-state index in [9.17, 15) is 34.2 Å². The Morgan fingerprint density at radius 3 is 1.98 bits per heavy atom. The summed E-state index contributed by atoms with van der Waals surface area (Å²) in [6, 6.07) is 25.0. The summed E-state index contributed by atoms with van der Waals surface area (Å²) in [6.45, 7) is 11.8. The van der Waals surface area contributed by atoms with Gasteiger partial charge in [-0.3, -0.25) is 24.0 Å². The van der Waals surface area contributed by atoms with Crippen molar-refractivity contribution >= 4 is 35.6 Å². The van der Waals surface area contributed by atoms with Crippen molar-refractivity contribution in [2.24, 2.45) is 28.6 Å². The summed E-state index contributed by atoms with van der Waals surface area (Å²) < 4.78 is 25.0. The van der Waals surface area contributed by atoms with Gasteiger partial charge in [0.05, 0.1) is 36.5 Å². The number of rotatable bonds is 12. The number of carbonyl (C=O) groups excluding carboxylic acids is 5. The topological polar surface area (TPSA) is 224 Å². The first kappa shape index (κ1) is 49.7. The molecule has 1 saturated heterocycles. The second-order valence-corrected chi connectivity index (χ2v) is 18.7. The van der Waals surface area contributed by atoms with Crippen LogP contribution in [0, 0.1) is 28.6 Å². The Kier molecular flexibility index (Phi) is 14.8. The average Bonchev–Trinajstić information content (AvgIpc) is 3.29. The standard InChI is InChI=1S/C47H53NO11.C4H9NO2/c1-26-23-34-46(25-56-34,59-29(4)49)38-40(58-43(54)32-21-15-10-16-22-32)47(55)24-33(27(2)35(44(47,5)6)37(50)39(51)45(26,38)7)57-42(53)28(3)36(30-17-11-8-12-18-30)48-41(52)31-19-13-9-14-20-31;1-5-3-2-4(6)7/h8-22,26,28,33-34,36-38,40,50,55H,23-25H2,1-7H3,(H,48,52);5H,2-3H2,1H3,(H,6,7)/t26-,28+,33-,34+,36+,37+,38-,40-,45+,46-,47+;/m0./s1. The molecule has 2 bridgehead atoms. The van der Waals surface area contributed by atoms with Crippen LogP contribution < -0.4 is 10.6 Å². The number of carbonyl (C=O) groups is 6. The monoisotopic (exact) mass is 910 g/mol.